The van der Waals surface area contributed by atoms with E-state index in [-0.39, 0.29) is 0 Å². The third kappa shape index (κ3) is 3.94. The van der Waals surface area contributed by atoms with Crippen LogP contribution in [0.5, 0.6) is 5.75 Å². The number of benzene rings is 1. The first kappa shape index (κ1) is 9.82. The standard InChI is InChI=1S/C6H6O.4CH3.Ti/c7-6-4-2-1-3-5-6;;;;;/h1-5,7H;4*1H3;/q;;;;;+1/p-1. The molecule has 0 aliphatic heterocycles. The first-order valence-electron chi connectivity index (χ1n) is 4.32. The first-order chi connectivity index (χ1) is 5.33. The van der Waals surface area contributed by atoms with E-state index >= 15 is 0 Å². The van der Waals surface area contributed by atoms with Crippen LogP contribution in [0.15, 0.2) is 30.3 Å². The number of hydrogen-bond acceptors (Lipinski definition) is 1. The van der Waals surface area contributed by atoms with Crippen LogP contribution >= 0.6 is 0 Å². The molecule has 0 aliphatic rings. The molecule has 0 radical (unpaired) electrons. The number of hydrogen-bond donors (Lipinski definition) is 0. The van der Waals surface area contributed by atoms with Gasteiger partial charge in [-0.25, -0.2) is 0 Å². The molecule has 0 heterocycles. The predicted molar refractivity (Wildman–Crippen MR) is 50.5 cm³/mol. The molecule has 1 aromatic rings. The van der Waals surface area contributed by atoms with E-state index in [0.29, 0.717) is 0 Å². The Bertz CT molecular complexity index is 249. The van der Waals surface area contributed by atoms with Crippen molar-refractivity contribution in [2.45, 2.75) is 20.9 Å². The van der Waals surface area contributed by atoms with E-state index in [0.717, 1.165) is 5.75 Å². The van der Waals surface area contributed by atoms with Crippen LogP contribution in [-0.4, -0.2) is 0 Å². The van der Waals surface area contributed by atoms with Crippen molar-refractivity contribution in [1.82, 2.24) is 0 Å². The summed E-state index contributed by atoms with van der Waals surface area (Å²) in [6, 6.07) is 10.1. The average Bonchev–Trinajstić information content (AvgIpc) is 1.83. The molecule has 1 nitrogen and oxygen atoms in total. The predicted octanol–water partition coefficient (Wildman–Crippen LogP) is 3.86. The van der Waals surface area contributed by atoms with E-state index in [2.05, 4.69) is 20.9 Å². The van der Waals surface area contributed by atoms with Gasteiger partial charge in [0.2, 0.25) is 0 Å². The molecule has 12 heavy (non-hydrogen) atoms. The molecule has 67 valence electrons. The third-order valence-corrected chi connectivity index (χ3v) is 2.91. The maximum absolute atomic E-state index is 5.98. The van der Waals surface area contributed by atoms with E-state index in [1.807, 2.05) is 30.3 Å². The van der Waals surface area contributed by atoms with Crippen LogP contribution in [-0.2, 0) is 15.7 Å². The van der Waals surface area contributed by atoms with E-state index in [1.165, 1.54) is 0 Å². The van der Waals surface area contributed by atoms with Gasteiger partial charge in [-0.15, -0.1) is 0 Å². The fraction of sp³-hybridized carbons (Fsp3) is 0.400. The summed E-state index contributed by atoms with van der Waals surface area (Å²) < 4.78 is 5.98. The Kier molecular flexibility index (Phi) is 2.37. The van der Waals surface area contributed by atoms with Gasteiger partial charge in [0.05, 0.1) is 0 Å². The van der Waals surface area contributed by atoms with Crippen molar-refractivity contribution >= 4 is 0 Å². The van der Waals surface area contributed by atoms with Crippen LogP contribution in [0.1, 0.15) is 0 Å². The Morgan fingerprint density at radius 2 is 1.42 bits per heavy atom. The van der Waals surface area contributed by atoms with Crippen LogP contribution < -0.4 is 3.32 Å². The van der Waals surface area contributed by atoms with Gasteiger partial charge in [-0.05, 0) is 0 Å². The van der Waals surface area contributed by atoms with Gasteiger partial charge in [0.1, 0.15) is 0 Å². The van der Waals surface area contributed by atoms with E-state index in [9.17, 15) is 0 Å². The fourth-order valence-electron chi connectivity index (χ4n) is 0.960. The number of rotatable bonds is 2. The second-order valence-electron chi connectivity index (χ2n) is 5.23. The third-order valence-electron chi connectivity index (χ3n) is 1.27. The molecule has 0 aliphatic carbocycles. The summed E-state index contributed by atoms with van der Waals surface area (Å²) in [4.78, 5) is 0. The molecular formula is C10H17OTi. The summed E-state index contributed by atoms with van der Waals surface area (Å²) in [7, 11) is 0. The molecule has 0 aromatic heterocycles. The molecule has 0 bridgehead atoms. The molecular weight excluding hydrogens is 184 g/mol. The Morgan fingerprint density at radius 3 is 1.83 bits per heavy atom. The zero-order chi connectivity index (χ0) is 9.27. The van der Waals surface area contributed by atoms with Crippen molar-refractivity contribution in [1.29, 1.82) is 0 Å². The molecule has 1 rings (SSSR count). The summed E-state index contributed by atoms with van der Waals surface area (Å²) in [5.41, 5.74) is 0. The molecule has 0 N–H and O–H groups in total. The summed E-state index contributed by atoms with van der Waals surface area (Å²) >= 11 is -2.49. The fourth-order valence-corrected chi connectivity index (χ4v) is 2.64. The molecule has 2 heteroatoms. The quantitative estimate of drug-likeness (QED) is 0.660. The SMILES string of the molecule is [CH3][Ti]([CH3])([CH3])([CH3])[O]c1ccccc1. The summed E-state index contributed by atoms with van der Waals surface area (Å²) in [5.74, 6) is 1.00. The van der Waals surface area contributed by atoms with E-state index < -0.39 is 15.7 Å². The minimum absolute atomic E-state index is 1.00. The van der Waals surface area contributed by atoms with Gasteiger partial charge in [0, 0.05) is 0 Å². The maximum atomic E-state index is 5.98. The van der Waals surface area contributed by atoms with Gasteiger partial charge in [0.25, 0.3) is 0 Å². The molecule has 0 amide bonds. The van der Waals surface area contributed by atoms with Crippen molar-refractivity contribution in [2.24, 2.45) is 0 Å². The Morgan fingerprint density at radius 1 is 0.917 bits per heavy atom. The molecule has 0 atom stereocenters. The summed E-state index contributed by atoms with van der Waals surface area (Å²) in [5, 5.41) is 9.02. The van der Waals surface area contributed by atoms with Crippen LogP contribution in [0, 0.1) is 0 Å². The van der Waals surface area contributed by atoms with Gasteiger partial charge >= 0.3 is 76.0 Å². The second kappa shape index (κ2) is 2.90. The van der Waals surface area contributed by atoms with Crippen molar-refractivity contribution < 1.29 is 19.0 Å². The van der Waals surface area contributed by atoms with Crippen molar-refractivity contribution in [3.8, 4) is 5.75 Å². The van der Waals surface area contributed by atoms with Crippen LogP contribution in [0.3, 0.4) is 0 Å². The Labute approximate surface area is 76.1 Å². The van der Waals surface area contributed by atoms with Crippen LogP contribution in [0.2, 0.25) is 20.9 Å². The van der Waals surface area contributed by atoms with Gasteiger partial charge < -0.3 is 0 Å². The summed E-state index contributed by atoms with van der Waals surface area (Å²) in [6.07, 6.45) is 0. The zero-order valence-corrected chi connectivity index (χ0v) is 9.86. The molecule has 0 saturated heterocycles. The molecule has 0 spiro atoms. The minimum atomic E-state index is -2.49. The van der Waals surface area contributed by atoms with Crippen molar-refractivity contribution in [3.63, 3.8) is 0 Å². The Hall–Kier alpha value is -0.266. The van der Waals surface area contributed by atoms with Crippen molar-refractivity contribution in [2.75, 3.05) is 0 Å². The first-order valence-corrected chi connectivity index (χ1v) is 11.2. The van der Waals surface area contributed by atoms with E-state index in [1.54, 1.807) is 0 Å². The van der Waals surface area contributed by atoms with Crippen LogP contribution in [0.4, 0.5) is 0 Å². The van der Waals surface area contributed by atoms with Gasteiger partial charge in [-0.1, -0.05) is 0 Å². The zero-order valence-electron chi connectivity index (χ0n) is 8.29. The second-order valence-corrected chi connectivity index (χ2v) is 17.5. The monoisotopic (exact) mass is 201 g/mol. The number of para-hydroxylation sites is 1. The molecule has 0 saturated carbocycles. The van der Waals surface area contributed by atoms with Gasteiger partial charge in [-0.2, -0.15) is 0 Å². The topological polar surface area (TPSA) is 9.23 Å². The molecule has 0 fully saturated rings. The normalized spacial score (nSPS) is 14.8. The molecule has 1 aromatic carbocycles. The molecule has 0 unspecified atom stereocenters. The van der Waals surface area contributed by atoms with Gasteiger partial charge in [-0.3, -0.25) is 0 Å². The summed E-state index contributed by atoms with van der Waals surface area (Å²) in [6.45, 7) is 0. The van der Waals surface area contributed by atoms with E-state index in [4.69, 9.17) is 3.32 Å². The van der Waals surface area contributed by atoms with Crippen LogP contribution in [0.25, 0.3) is 0 Å². The average molecular weight is 201 g/mol. The van der Waals surface area contributed by atoms with Gasteiger partial charge in [0.15, 0.2) is 0 Å². The Balaban J connectivity index is 2.79. The van der Waals surface area contributed by atoms with Crippen molar-refractivity contribution in [3.05, 3.63) is 30.3 Å².